The van der Waals surface area contributed by atoms with Gasteiger partial charge in [0, 0.05) is 13.1 Å². The van der Waals surface area contributed by atoms with Gasteiger partial charge in [-0.15, -0.1) is 0 Å². The molecular formula is C18H21FN2O2S. The van der Waals surface area contributed by atoms with Gasteiger partial charge in [0.2, 0.25) is 5.91 Å². The first kappa shape index (κ1) is 17.1. The lowest BCUT2D eigenvalue weighted by atomic mass is 10.1. The highest BCUT2D eigenvalue weighted by atomic mass is 32.1. The van der Waals surface area contributed by atoms with E-state index in [1.165, 1.54) is 23.5 Å². The van der Waals surface area contributed by atoms with Gasteiger partial charge in [-0.3, -0.25) is 9.69 Å². The second-order valence-corrected chi connectivity index (χ2v) is 6.85. The Bertz CT molecular complexity index is 660. The van der Waals surface area contributed by atoms with Crippen LogP contribution in [0.25, 0.3) is 0 Å². The monoisotopic (exact) mass is 348 g/mol. The molecule has 2 N–H and O–H groups in total. The van der Waals surface area contributed by atoms with Crippen LogP contribution in [-0.2, 0) is 11.3 Å². The Morgan fingerprint density at radius 2 is 2.17 bits per heavy atom. The van der Waals surface area contributed by atoms with Crippen LogP contribution in [0.15, 0.2) is 41.1 Å². The molecule has 0 saturated carbocycles. The standard InChI is InChI=1S/C18H21FN2O2S/c19-15-5-3-13(4-6-15)11-21-8-1-2-16(21)18(23)20-10-17(22)14-7-9-24-12-14/h3-7,9,12,16-17,22H,1-2,8,10-11H2,(H,20,23)/t16-,17+/m1/s1. The van der Waals surface area contributed by atoms with E-state index in [9.17, 15) is 14.3 Å². The third kappa shape index (κ3) is 4.20. The van der Waals surface area contributed by atoms with Crippen LogP contribution in [0.5, 0.6) is 0 Å². The molecule has 6 heteroatoms. The predicted molar refractivity (Wildman–Crippen MR) is 92.1 cm³/mol. The number of carbonyl (C=O) groups is 1. The molecular weight excluding hydrogens is 327 g/mol. The fourth-order valence-corrected chi connectivity index (χ4v) is 3.74. The molecule has 1 aliphatic rings. The van der Waals surface area contributed by atoms with Crippen molar-refractivity contribution in [3.63, 3.8) is 0 Å². The Hall–Kier alpha value is -1.76. The number of likely N-dealkylation sites (tertiary alicyclic amines) is 1. The third-order valence-electron chi connectivity index (χ3n) is 4.36. The van der Waals surface area contributed by atoms with E-state index >= 15 is 0 Å². The van der Waals surface area contributed by atoms with Crippen LogP contribution in [0.2, 0.25) is 0 Å². The normalized spacial score (nSPS) is 19.3. The molecule has 2 atom stereocenters. The highest BCUT2D eigenvalue weighted by Crippen LogP contribution is 2.21. The molecule has 2 aromatic rings. The predicted octanol–water partition coefficient (Wildman–Crippen LogP) is 2.70. The minimum atomic E-state index is -0.674. The Morgan fingerprint density at radius 1 is 1.38 bits per heavy atom. The second-order valence-electron chi connectivity index (χ2n) is 6.07. The number of aliphatic hydroxyl groups is 1. The SMILES string of the molecule is O=C(NC[C@H](O)c1ccsc1)[C@H]1CCCN1Cc1ccc(F)cc1. The van der Waals surface area contributed by atoms with Crippen molar-refractivity contribution in [1.82, 2.24) is 10.2 Å². The summed E-state index contributed by atoms with van der Waals surface area (Å²) in [7, 11) is 0. The Labute approximate surface area is 144 Å². The maximum absolute atomic E-state index is 13.0. The first-order valence-electron chi connectivity index (χ1n) is 8.10. The number of carbonyl (C=O) groups excluding carboxylic acids is 1. The highest BCUT2D eigenvalue weighted by molar-refractivity contribution is 7.07. The van der Waals surface area contributed by atoms with E-state index in [1.807, 2.05) is 16.8 Å². The van der Waals surface area contributed by atoms with E-state index in [4.69, 9.17) is 0 Å². The first-order chi connectivity index (χ1) is 11.6. The van der Waals surface area contributed by atoms with Gasteiger partial charge in [0.25, 0.3) is 0 Å². The van der Waals surface area contributed by atoms with Gasteiger partial charge in [-0.05, 0) is 59.5 Å². The van der Waals surface area contributed by atoms with Gasteiger partial charge < -0.3 is 10.4 Å². The van der Waals surface area contributed by atoms with Gasteiger partial charge in [-0.2, -0.15) is 11.3 Å². The Morgan fingerprint density at radius 3 is 2.88 bits per heavy atom. The van der Waals surface area contributed by atoms with E-state index < -0.39 is 6.10 Å². The molecule has 128 valence electrons. The summed E-state index contributed by atoms with van der Waals surface area (Å²) in [6.07, 6.45) is 1.10. The lowest BCUT2D eigenvalue weighted by Gasteiger charge is -2.24. The summed E-state index contributed by atoms with van der Waals surface area (Å²) < 4.78 is 13.0. The number of hydrogen-bond donors (Lipinski definition) is 2. The zero-order chi connectivity index (χ0) is 16.9. The molecule has 1 aromatic carbocycles. The third-order valence-corrected chi connectivity index (χ3v) is 5.06. The summed E-state index contributed by atoms with van der Waals surface area (Å²) in [5.74, 6) is -0.305. The molecule has 1 aromatic heterocycles. The number of aliphatic hydroxyl groups excluding tert-OH is 1. The topological polar surface area (TPSA) is 52.6 Å². The van der Waals surface area contributed by atoms with Crippen LogP contribution < -0.4 is 5.32 Å². The molecule has 1 amide bonds. The number of amides is 1. The number of hydrogen-bond acceptors (Lipinski definition) is 4. The van der Waals surface area contributed by atoms with Gasteiger partial charge in [-0.1, -0.05) is 12.1 Å². The molecule has 1 saturated heterocycles. The number of benzene rings is 1. The Balaban J connectivity index is 1.54. The molecule has 0 radical (unpaired) electrons. The molecule has 24 heavy (non-hydrogen) atoms. The van der Waals surface area contributed by atoms with Gasteiger partial charge >= 0.3 is 0 Å². The average molecular weight is 348 g/mol. The lowest BCUT2D eigenvalue weighted by molar-refractivity contribution is -0.126. The van der Waals surface area contributed by atoms with Gasteiger partial charge in [-0.25, -0.2) is 4.39 Å². The summed E-state index contributed by atoms with van der Waals surface area (Å²) in [5.41, 5.74) is 1.82. The van der Waals surface area contributed by atoms with Crippen molar-refractivity contribution in [1.29, 1.82) is 0 Å². The van der Waals surface area contributed by atoms with Gasteiger partial charge in [0.15, 0.2) is 0 Å². The molecule has 1 fully saturated rings. The van der Waals surface area contributed by atoms with Gasteiger partial charge in [0.05, 0.1) is 12.1 Å². The number of nitrogens with one attached hydrogen (secondary N) is 1. The maximum Gasteiger partial charge on any atom is 0.237 e. The molecule has 0 bridgehead atoms. The van der Waals surface area contributed by atoms with Crippen molar-refractivity contribution in [2.75, 3.05) is 13.1 Å². The summed E-state index contributed by atoms with van der Waals surface area (Å²) in [6.45, 7) is 1.70. The molecule has 2 heterocycles. The molecule has 1 aliphatic heterocycles. The zero-order valence-corrected chi connectivity index (χ0v) is 14.1. The summed E-state index contributed by atoms with van der Waals surface area (Å²) >= 11 is 1.52. The van der Waals surface area contributed by atoms with Crippen LogP contribution in [0.1, 0.15) is 30.1 Å². The molecule has 0 unspecified atom stereocenters. The largest absolute Gasteiger partial charge is 0.387 e. The van der Waals surface area contributed by atoms with Gasteiger partial charge in [0.1, 0.15) is 5.82 Å². The summed E-state index contributed by atoms with van der Waals surface area (Å²) in [5, 5.41) is 16.7. The van der Waals surface area contributed by atoms with E-state index in [0.717, 1.165) is 30.5 Å². The van der Waals surface area contributed by atoms with Crippen LogP contribution in [0.3, 0.4) is 0 Å². The number of thiophene rings is 1. The maximum atomic E-state index is 13.0. The molecule has 4 nitrogen and oxygen atoms in total. The van der Waals surface area contributed by atoms with Crippen molar-refractivity contribution in [3.05, 3.63) is 58.0 Å². The number of halogens is 1. The molecule has 3 rings (SSSR count). The van der Waals surface area contributed by atoms with E-state index in [-0.39, 0.29) is 24.3 Å². The second kappa shape index (κ2) is 7.88. The van der Waals surface area contributed by atoms with Crippen LogP contribution >= 0.6 is 11.3 Å². The summed E-state index contributed by atoms with van der Waals surface area (Å²) in [6, 6.07) is 8.06. The first-order valence-corrected chi connectivity index (χ1v) is 9.04. The number of nitrogens with zero attached hydrogens (tertiary/aromatic N) is 1. The average Bonchev–Trinajstić information content (AvgIpc) is 3.26. The zero-order valence-electron chi connectivity index (χ0n) is 13.3. The quantitative estimate of drug-likeness (QED) is 0.844. The van der Waals surface area contributed by atoms with Crippen molar-refractivity contribution in [3.8, 4) is 0 Å². The van der Waals surface area contributed by atoms with Crippen molar-refractivity contribution < 1.29 is 14.3 Å². The van der Waals surface area contributed by atoms with Crippen LogP contribution in [0, 0.1) is 5.82 Å². The minimum Gasteiger partial charge on any atom is -0.387 e. The van der Waals surface area contributed by atoms with E-state index in [0.29, 0.717) is 6.54 Å². The van der Waals surface area contributed by atoms with Crippen LogP contribution in [0.4, 0.5) is 4.39 Å². The Kier molecular flexibility index (Phi) is 5.60. The molecule has 0 spiro atoms. The fourth-order valence-electron chi connectivity index (χ4n) is 3.03. The van der Waals surface area contributed by atoms with Crippen molar-refractivity contribution in [2.24, 2.45) is 0 Å². The summed E-state index contributed by atoms with van der Waals surface area (Å²) in [4.78, 5) is 14.6. The molecule has 0 aliphatic carbocycles. The van der Waals surface area contributed by atoms with Crippen molar-refractivity contribution >= 4 is 17.2 Å². The van der Waals surface area contributed by atoms with E-state index in [2.05, 4.69) is 10.2 Å². The fraction of sp³-hybridized carbons (Fsp3) is 0.389. The minimum absolute atomic E-state index is 0.0520. The van der Waals surface area contributed by atoms with Crippen LogP contribution in [-0.4, -0.2) is 35.0 Å². The lowest BCUT2D eigenvalue weighted by Crippen LogP contribution is -2.44. The number of rotatable bonds is 6. The van der Waals surface area contributed by atoms with E-state index in [1.54, 1.807) is 12.1 Å². The smallest absolute Gasteiger partial charge is 0.237 e. The highest BCUT2D eigenvalue weighted by Gasteiger charge is 2.30. The van der Waals surface area contributed by atoms with Crippen molar-refractivity contribution in [2.45, 2.75) is 31.5 Å².